The standard InChI is InChI=1S/C27H36N4O5S2/c1-36-22-10-8-20(9-11-22)24-12-13-26(37-24)38(34,35)28-23-7-5-16-30(27(23)33)19-25(32)31-17-4-6-21(31)18-29-14-2-3-15-29/h8-13,21,23,28H,2-7,14-19H2,1H3/t21-,23-/m0/s1. The predicted molar refractivity (Wildman–Crippen MR) is 147 cm³/mol. The minimum absolute atomic E-state index is 0.00812. The number of ether oxygens (including phenoxy) is 1. The molecule has 0 bridgehead atoms. The monoisotopic (exact) mass is 560 g/mol. The van der Waals surface area contributed by atoms with Crippen LogP contribution in [0.1, 0.15) is 38.5 Å². The van der Waals surface area contributed by atoms with Crippen molar-refractivity contribution in [2.45, 2.75) is 54.8 Å². The number of likely N-dealkylation sites (tertiary alicyclic amines) is 3. The van der Waals surface area contributed by atoms with E-state index in [2.05, 4.69) is 9.62 Å². The van der Waals surface area contributed by atoms with Gasteiger partial charge in [-0.05, 0) is 93.6 Å². The second-order valence-corrected chi connectivity index (χ2v) is 13.3. The van der Waals surface area contributed by atoms with Crippen LogP contribution in [0.4, 0.5) is 0 Å². The molecule has 206 valence electrons. The van der Waals surface area contributed by atoms with Crippen LogP contribution in [0, 0.1) is 0 Å². The van der Waals surface area contributed by atoms with Crippen molar-refractivity contribution in [1.29, 1.82) is 0 Å². The molecule has 1 aromatic heterocycles. The Morgan fingerprint density at radius 3 is 2.47 bits per heavy atom. The van der Waals surface area contributed by atoms with Crippen LogP contribution in [0.3, 0.4) is 0 Å². The van der Waals surface area contributed by atoms with Crippen LogP contribution in [-0.2, 0) is 19.6 Å². The summed E-state index contributed by atoms with van der Waals surface area (Å²) in [5.41, 5.74) is 0.889. The van der Waals surface area contributed by atoms with Crippen LogP contribution in [0.15, 0.2) is 40.6 Å². The minimum atomic E-state index is -3.89. The number of hydrogen-bond acceptors (Lipinski definition) is 7. The first-order valence-corrected chi connectivity index (χ1v) is 15.7. The van der Waals surface area contributed by atoms with Crippen molar-refractivity contribution >= 4 is 33.2 Å². The Morgan fingerprint density at radius 1 is 1.00 bits per heavy atom. The van der Waals surface area contributed by atoms with Gasteiger partial charge in [-0.1, -0.05) is 0 Å². The molecule has 3 fully saturated rings. The Bertz CT molecular complexity index is 1240. The molecule has 0 spiro atoms. The number of nitrogens with zero attached hydrogens (tertiary/aromatic N) is 3. The van der Waals surface area contributed by atoms with Crippen molar-refractivity contribution in [3.8, 4) is 16.2 Å². The lowest BCUT2D eigenvalue weighted by Crippen LogP contribution is -2.55. The second kappa shape index (κ2) is 11.7. The van der Waals surface area contributed by atoms with Gasteiger partial charge in [-0.2, -0.15) is 4.72 Å². The smallest absolute Gasteiger partial charge is 0.250 e. The molecule has 9 nitrogen and oxygen atoms in total. The maximum atomic E-state index is 13.2. The zero-order valence-corrected chi connectivity index (χ0v) is 23.4. The van der Waals surface area contributed by atoms with Crippen molar-refractivity contribution in [2.24, 2.45) is 0 Å². The summed E-state index contributed by atoms with van der Waals surface area (Å²) in [7, 11) is -2.29. The van der Waals surface area contributed by atoms with E-state index in [0.29, 0.717) is 19.4 Å². The Balaban J connectivity index is 1.20. The first-order valence-electron chi connectivity index (χ1n) is 13.4. The number of thiophene rings is 1. The summed E-state index contributed by atoms with van der Waals surface area (Å²) >= 11 is 1.16. The van der Waals surface area contributed by atoms with Gasteiger partial charge in [0, 0.05) is 30.6 Å². The third kappa shape index (κ3) is 6.06. The van der Waals surface area contributed by atoms with Gasteiger partial charge >= 0.3 is 0 Å². The van der Waals surface area contributed by atoms with E-state index in [1.54, 1.807) is 19.2 Å². The number of carbonyl (C=O) groups excluding carboxylic acids is 2. The number of rotatable bonds is 9. The van der Waals surface area contributed by atoms with Gasteiger partial charge < -0.3 is 19.4 Å². The first-order chi connectivity index (χ1) is 18.3. The van der Waals surface area contributed by atoms with Gasteiger partial charge in [0.2, 0.25) is 11.8 Å². The number of amides is 2. The lowest BCUT2D eigenvalue weighted by Gasteiger charge is -2.34. The van der Waals surface area contributed by atoms with E-state index in [-0.39, 0.29) is 28.6 Å². The normalized spacial score (nSPS) is 22.8. The van der Waals surface area contributed by atoms with Crippen LogP contribution in [0.5, 0.6) is 5.75 Å². The summed E-state index contributed by atoms with van der Waals surface area (Å²) in [6, 6.07) is 10.1. The molecule has 11 heteroatoms. The number of methoxy groups -OCH3 is 1. The molecule has 2 atom stereocenters. The molecule has 1 N–H and O–H groups in total. The molecule has 4 heterocycles. The van der Waals surface area contributed by atoms with E-state index in [9.17, 15) is 18.0 Å². The number of piperidine rings is 1. The molecule has 0 aliphatic carbocycles. The molecule has 0 unspecified atom stereocenters. The number of carbonyl (C=O) groups is 2. The van der Waals surface area contributed by atoms with Gasteiger partial charge in [-0.15, -0.1) is 11.3 Å². The number of sulfonamides is 1. The third-order valence-electron chi connectivity index (χ3n) is 7.74. The molecule has 2 aromatic rings. The molecule has 0 radical (unpaired) electrons. The molecule has 3 aliphatic rings. The average molecular weight is 561 g/mol. The fourth-order valence-electron chi connectivity index (χ4n) is 5.70. The zero-order chi connectivity index (χ0) is 26.7. The summed E-state index contributed by atoms with van der Waals surface area (Å²) < 4.78 is 34.3. The fraction of sp³-hybridized carbons (Fsp3) is 0.556. The molecule has 2 amide bonds. The van der Waals surface area contributed by atoms with E-state index in [1.807, 2.05) is 29.2 Å². The number of hydrogen-bond donors (Lipinski definition) is 1. The number of benzene rings is 1. The summed E-state index contributed by atoms with van der Waals surface area (Å²) in [4.78, 5) is 33.2. The Labute approximate surface area is 228 Å². The molecular formula is C27H36N4O5S2. The van der Waals surface area contributed by atoms with Crippen LogP contribution in [-0.4, -0.2) is 93.4 Å². The SMILES string of the molecule is COc1ccc(-c2ccc(S(=O)(=O)N[C@H]3CCCN(CC(=O)N4CCC[C@H]4CN4CCCC4)C3=O)s2)cc1. The van der Waals surface area contributed by atoms with Gasteiger partial charge in [-0.3, -0.25) is 9.59 Å². The fourth-order valence-corrected chi connectivity index (χ4v) is 8.25. The summed E-state index contributed by atoms with van der Waals surface area (Å²) in [6.07, 6.45) is 5.48. The molecule has 1 aromatic carbocycles. The molecule has 0 saturated carbocycles. The summed E-state index contributed by atoms with van der Waals surface area (Å²) in [6.45, 7) is 4.29. The summed E-state index contributed by atoms with van der Waals surface area (Å²) in [5.74, 6) is 0.367. The highest BCUT2D eigenvalue weighted by Crippen LogP contribution is 2.32. The largest absolute Gasteiger partial charge is 0.497 e. The van der Waals surface area contributed by atoms with Crippen LogP contribution in [0.25, 0.3) is 10.4 Å². The van der Waals surface area contributed by atoms with Crippen molar-refractivity contribution < 1.29 is 22.7 Å². The van der Waals surface area contributed by atoms with Crippen molar-refractivity contribution in [2.75, 3.05) is 46.4 Å². The Hall–Kier alpha value is -2.47. The maximum Gasteiger partial charge on any atom is 0.250 e. The average Bonchev–Trinajstić information content (AvgIpc) is 3.69. The van der Waals surface area contributed by atoms with E-state index in [4.69, 9.17) is 4.74 Å². The summed E-state index contributed by atoms with van der Waals surface area (Å²) in [5, 5.41) is 0. The highest BCUT2D eigenvalue weighted by Gasteiger charge is 2.36. The van der Waals surface area contributed by atoms with Gasteiger partial charge in [0.25, 0.3) is 10.0 Å². The van der Waals surface area contributed by atoms with Crippen LogP contribution >= 0.6 is 11.3 Å². The Kier molecular flexibility index (Phi) is 8.37. The van der Waals surface area contributed by atoms with E-state index >= 15 is 0 Å². The van der Waals surface area contributed by atoms with Gasteiger partial charge in [0.05, 0.1) is 13.7 Å². The zero-order valence-electron chi connectivity index (χ0n) is 21.8. The second-order valence-electron chi connectivity index (χ2n) is 10.3. The lowest BCUT2D eigenvalue weighted by molar-refractivity contribution is -0.143. The third-order valence-corrected chi connectivity index (χ3v) is 10.8. The topological polar surface area (TPSA) is 99.3 Å². The quantitative estimate of drug-likeness (QED) is 0.507. The van der Waals surface area contributed by atoms with Crippen molar-refractivity contribution in [3.63, 3.8) is 0 Å². The molecule has 3 saturated heterocycles. The Morgan fingerprint density at radius 2 is 1.74 bits per heavy atom. The van der Waals surface area contributed by atoms with Gasteiger partial charge in [0.15, 0.2) is 0 Å². The van der Waals surface area contributed by atoms with E-state index in [1.165, 1.54) is 17.7 Å². The van der Waals surface area contributed by atoms with Crippen molar-refractivity contribution in [3.05, 3.63) is 36.4 Å². The highest BCUT2D eigenvalue weighted by molar-refractivity contribution is 7.91. The van der Waals surface area contributed by atoms with Gasteiger partial charge in [0.1, 0.15) is 16.0 Å². The minimum Gasteiger partial charge on any atom is -0.497 e. The molecule has 38 heavy (non-hydrogen) atoms. The molecule has 5 rings (SSSR count). The lowest BCUT2D eigenvalue weighted by atomic mass is 10.1. The van der Waals surface area contributed by atoms with Crippen LogP contribution < -0.4 is 9.46 Å². The molecular weight excluding hydrogens is 524 g/mol. The van der Waals surface area contributed by atoms with Crippen LogP contribution in [0.2, 0.25) is 0 Å². The highest BCUT2D eigenvalue weighted by atomic mass is 32.2. The van der Waals surface area contributed by atoms with Crippen molar-refractivity contribution in [1.82, 2.24) is 19.4 Å². The van der Waals surface area contributed by atoms with E-state index < -0.39 is 16.1 Å². The number of nitrogens with one attached hydrogen (secondary N) is 1. The maximum absolute atomic E-state index is 13.2. The molecule has 3 aliphatic heterocycles. The van der Waals surface area contributed by atoms with E-state index in [0.717, 1.165) is 66.5 Å². The first kappa shape index (κ1) is 27.1. The predicted octanol–water partition coefficient (Wildman–Crippen LogP) is 2.78. The van der Waals surface area contributed by atoms with Gasteiger partial charge in [-0.25, -0.2) is 8.42 Å².